The maximum atomic E-state index is 12.5. The highest BCUT2D eigenvalue weighted by Gasteiger charge is 2.64. The van der Waals surface area contributed by atoms with Crippen molar-refractivity contribution in [2.24, 2.45) is 39.7 Å². The van der Waals surface area contributed by atoms with Gasteiger partial charge in [-0.1, -0.05) is 19.0 Å². The number of hydrogen-bond donors (Lipinski definition) is 2. The molecule has 0 radical (unpaired) electrons. The van der Waals surface area contributed by atoms with Gasteiger partial charge in [-0.3, -0.25) is 9.59 Å². The molecule has 5 heteroatoms. The fraction of sp³-hybridized carbons (Fsp3) is 0.842. The molecule has 4 aliphatic carbocycles. The normalized spacial score (nSPS) is 52.8. The van der Waals surface area contributed by atoms with E-state index >= 15 is 0 Å². The number of carbonyl (C=O) groups excluding carboxylic acids is 2. The molecule has 5 nitrogen and oxygen atoms in total. The van der Waals surface area contributed by atoms with Crippen LogP contribution in [0.2, 0.25) is 0 Å². The Hall–Kier alpha value is -1.23. The van der Waals surface area contributed by atoms with E-state index in [9.17, 15) is 19.9 Å². The van der Waals surface area contributed by atoms with E-state index in [1.807, 2.05) is 0 Å². The highest BCUT2D eigenvalue weighted by atomic mass is 16.4. The van der Waals surface area contributed by atoms with E-state index in [-0.39, 0.29) is 34.4 Å². The second kappa shape index (κ2) is 5.13. The second-order valence-electron chi connectivity index (χ2n) is 8.98. The minimum absolute atomic E-state index is 0.0319. The van der Waals surface area contributed by atoms with Crippen LogP contribution in [0.4, 0.5) is 0 Å². The number of hydrogen-bond acceptors (Lipinski definition) is 5. The summed E-state index contributed by atoms with van der Waals surface area (Å²) in [6.45, 7) is 4.27. The Bertz CT molecular complexity index is 629. The minimum Gasteiger partial charge on any atom is -0.411 e. The predicted octanol–water partition coefficient (Wildman–Crippen LogP) is 2.58. The summed E-state index contributed by atoms with van der Waals surface area (Å²) in [6, 6.07) is 0. The van der Waals surface area contributed by atoms with E-state index in [0.29, 0.717) is 36.7 Å². The van der Waals surface area contributed by atoms with Crippen molar-refractivity contribution < 1.29 is 19.9 Å². The number of rotatable bonds is 0. The Morgan fingerprint density at radius 3 is 2.54 bits per heavy atom. The van der Waals surface area contributed by atoms with E-state index in [2.05, 4.69) is 19.0 Å². The van der Waals surface area contributed by atoms with E-state index in [0.717, 1.165) is 25.7 Å². The van der Waals surface area contributed by atoms with E-state index in [1.165, 1.54) is 0 Å². The summed E-state index contributed by atoms with van der Waals surface area (Å²) in [7, 11) is 0. The summed E-state index contributed by atoms with van der Waals surface area (Å²) in [5.74, 6) is 0.774. The minimum atomic E-state index is -0.834. The number of ketones is 2. The van der Waals surface area contributed by atoms with Gasteiger partial charge in [-0.25, -0.2) is 0 Å². The zero-order valence-electron chi connectivity index (χ0n) is 14.5. The Labute approximate surface area is 142 Å². The van der Waals surface area contributed by atoms with Gasteiger partial charge in [0, 0.05) is 30.6 Å². The summed E-state index contributed by atoms with van der Waals surface area (Å²) in [6.07, 6.45) is 4.13. The van der Waals surface area contributed by atoms with Crippen LogP contribution in [0.3, 0.4) is 0 Å². The Morgan fingerprint density at radius 1 is 1.08 bits per heavy atom. The van der Waals surface area contributed by atoms with Crippen LogP contribution in [0, 0.1) is 34.5 Å². The molecular weight excluding hydrogens is 306 g/mol. The van der Waals surface area contributed by atoms with Gasteiger partial charge >= 0.3 is 0 Å². The highest BCUT2D eigenvalue weighted by molar-refractivity contribution is 5.97. The summed E-state index contributed by atoms with van der Waals surface area (Å²) in [5.41, 5.74) is -0.0710. The van der Waals surface area contributed by atoms with Gasteiger partial charge in [0.1, 0.15) is 11.6 Å². The first-order valence-corrected chi connectivity index (χ1v) is 9.28. The molecule has 1 unspecified atom stereocenters. The highest BCUT2D eigenvalue weighted by Crippen LogP contribution is 2.64. The summed E-state index contributed by atoms with van der Waals surface area (Å²) in [4.78, 5) is 24.5. The fourth-order valence-corrected chi connectivity index (χ4v) is 6.74. The molecule has 0 aromatic rings. The first-order chi connectivity index (χ1) is 11.3. The van der Waals surface area contributed by atoms with Crippen LogP contribution in [-0.4, -0.2) is 33.7 Å². The van der Waals surface area contributed by atoms with Gasteiger partial charge in [-0.2, -0.15) is 0 Å². The average Bonchev–Trinajstić information content (AvgIpc) is 2.85. The zero-order valence-corrected chi connectivity index (χ0v) is 14.5. The number of nitrogens with zero attached hydrogens (tertiary/aromatic N) is 1. The third-order valence-electron chi connectivity index (χ3n) is 8.20. The van der Waals surface area contributed by atoms with Gasteiger partial charge in [0.25, 0.3) is 0 Å². The smallest absolute Gasteiger partial charge is 0.139 e. The first-order valence-electron chi connectivity index (χ1n) is 9.28. The van der Waals surface area contributed by atoms with Crippen LogP contribution >= 0.6 is 0 Å². The van der Waals surface area contributed by atoms with Gasteiger partial charge in [-0.15, -0.1) is 0 Å². The zero-order chi connectivity index (χ0) is 17.3. The van der Waals surface area contributed by atoms with Crippen molar-refractivity contribution in [3.05, 3.63) is 0 Å². The topological polar surface area (TPSA) is 87.0 Å². The van der Waals surface area contributed by atoms with Crippen molar-refractivity contribution in [2.75, 3.05) is 0 Å². The lowest BCUT2D eigenvalue weighted by Gasteiger charge is -2.60. The number of carbonyl (C=O) groups is 2. The van der Waals surface area contributed by atoms with Crippen molar-refractivity contribution in [1.82, 2.24) is 0 Å². The van der Waals surface area contributed by atoms with Gasteiger partial charge in [0.2, 0.25) is 0 Å². The lowest BCUT2D eigenvalue weighted by Crippen LogP contribution is -2.62. The van der Waals surface area contributed by atoms with Crippen molar-refractivity contribution in [3.8, 4) is 0 Å². The molecule has 4 fully saturated rings. The summed E-state index contributed by atoms with van der Waals surface area (Å²) in [5, 5.41) is 24.1. The lowest BCUT2D eigenvalue weighted by atomic mass is 9.44. The second-order valence-corrected chi connectivity index (χ2v) is 8.98. The van der Waals surface area contributed by atoms with Crippen LogP contribution < -0.4 is 0 Å². The molecule has 0 heterocycles. The molecule has 24 heavy (non-hydrogen) atoms. The molecule has 0 aromatic heterocycles. The summed E-state index contributed by atoms with van der Waals surface area (Å²) >= 11 is 0. The third-order valence-corrected chi connectivity index (χ3v) is 8.20. The van der Waals surface area contributed by atoms with Crippen LogP contribution in [0.5, 0.6) is 0 Å². The standard InChI is InChI=1S/C19H27NO4/c1-18-7-5-10(21)9-13(18)16(20-24)17(23)15-11-3-4-14(22)19(11,2)8-6-12(15)18/h11-13,15,17,23-24H,3-9H2,1-2H3/b20-16+/t11-,12-,13?,15-,17-,18+,19-/m0/s1. The number of aliphatic hydroxyl groups excluding tert-OH is 1. The Morgan fingerprint density at radius 2 is 1.83 bits per heavy atom. The van der Waals surface area contributed by atoms with Gasteiger partial charge in [-0.05, 0) is 48.9 Å². The van der Waals surface area contributed by atoms with Crippen molar-refractivity contribution in [2.45, 2.75) is 64.9 Å². The first kappa shape index (κ1) is 16.2. The molecule has 7 atom stereocenters. The van der Waals surface area contributed by atoms with E-state index in [4.69, 9.17) is 0 Å². The molecule has 2 N–H and O–H groups in total. The van der Waals surface area contributed by atoms with Gasteiger partial charge in [0.15, 0.2) is 0 Å². The van der Waals surface area contributed by atoms with Crippen LogP contribution in [0.1, 0.15) is 58.8 Å². The number of fused-ring (bicyclic) bond motifs is 5. The Balaban J connectivity index is 1.79. The largest absolute Gasteiger partial charge is 0.411 e. The Kier molecular flexibility index (Phi) is 3.48. The van der Waals surface area contributed by atoms with Crippen LogP contribution in [0.25, 0.3) is 0 Å². The molecule has 4 aliphatic rings. The number of aliphatic hydroxyl groups is 1. The molecule has 132 valence electrons. The molecular formula is C19H27NO4. The molecule has 4 rings (SSSR count). The van der Waals surface area contributed by atoms with Gasteiger partial charge < -0.3 is 10.3 Å². The molecule has 0 aliphatic heterocycles. The molecule has 0 saturated heterocycles. The van der Waals surface area contributed by atoms with Crippen LogP contribution in [0.15, 0.2) is 5.16 Å². The SMILES string of the molecule is C[C@]12CCC(=O)CC1/C(=N\O)[C@@H](O)[C@@H]1[C@@H]2CC[C@]2(C)C(=O)CC[C@@H]12. The van der Waals surface area contributed by atoms with Crippen LogP contribution in [-0.2, 0) is 9.59 Å². The van der Waals surface area contributed by atoms with Gasteiger partial charge in [0.05, 0.1) is 11.8 Å². The monoisotopic (exact) mass is 333 g/mol. The number of Topliss-reactive ketones (excluding diaryl/α,β-unsaturated/α-hetero) is 2. The van der Waals surface area contributed by atoms with E-state index < -0.39 is 6.10 Å². The number of oxime groups is 1. The molecule has 0 bridgehead atoms. The quantitative estimate of drug-likeness (QED) is 0.527. The average molecular weight is 333 g/mol. The maximum absolute atomic E-state index is 12.5. The van der Waals surface area contributed by atoms with Crippen molar-refractivity contribution in [1.29, 1.82) is 0 Å². The van der Waals surface area contributed by atoms with Crippen molar-refractivity contribution in [3.63, 3.8) is 0 Å². The summed E-state index contributed by atoms with van der Waals surface area (Å²) < 4.78 is 0. The van der Waals surface area contributed by atoms with Crippen molar-refractivity contribution >= 4 is 17.3 Å². The molecule has 0 aromatic carbocycles. The van der Waals surface area contributed by atoms with E-state index in [1.54, 1.807) is 0 Å². The fourth-order valence-electron chi connectivity index (χ4n) is 6.74. The maximum Gasteiger partial charge on any atom is 0.139 e. The predicted molar refractivity (Wildman–Crippen MR) is 87.7 cm³/mol. The molecule has 4 saturated carbocycles. The molecule has 0 amide bonds. The molecule has 0 spiro atoms. The third kappa shape index (κ3) is 1.88. The lowest BCUT2D eigenvalue weighted by molar-refractivity contribution is -0.143.